The van der Waals surface area contributed by atoms with E-state index in [0.29, 0.717) is 0 Å². The average Bonchev–Trinajstić information content (AvgIpc) is 3.16. The van der Waals surface area contributed by atoms with Crippen molar-refractivity contribution in [3.63, 3.8) is 0 Å². The molecule has 0 atom stereocenters. The van der Waals surface area contributed by atoms with Gasteiger partial charge in [0, 0.05) is 35.5 Å². The molecular formula is C22H23N3OS. The van der Waals surface area contributed by atoms with Crippen LogP contribution in [0, 0.1) is 0 Å². The van der Waals surface area contributed by atoms with Crippen LogP contribution in [0.25, 0.3) is 12.2 Å². The predicted octanol–water partition coefficient (Wildman–Crippen LogP) is 5.75. The summed E-state index contributed by atoms with van der Waals surface area (Å²) in [7, 11) is 0. The van der Waals surface area contributed by atoms with Crippen LogP contribution in [0.4, 0.5) is 16.5 Å². The molecule has 3 aromatic rings. The Hall–Kier alpha value is -2.79. The summed E-state index contributed by atoms with van der Waals surface area (Å²) in [6.07, 6.45) is 9.83. The van der Waals surface area contributed by atoms with Gasteiger partial charge in [-0.2, -0.15) is 0 Å². The monoisotopic (exact) mass is 377 g/mol. The lowest BCUT2D eigenvalue weighted by molar-refractivity contribution is 0.475. The second-order valence-electron chi connectivity index (χ2n) is 6.72. The molecule has 0 radical (unpaired) electrons. The number of phenols is 1. The maximum absolute atomic E-state index is 9.34. The topological polar surface area (TPSA) is 48.4 Å². The van der Waals surface area contributed by atoms with Crippen LogP contribution >= 0.6 is 11.3 Å². The van der Waals surface area contributed by atoms with E-state index in [4.69, 9.17) is 0 Å². The minimum atomic E-state index is 0.281. The first-order valence-corrected chi connectivity index (χ1v) is 10.1. The predicted molar refractivity (Wildman–Crippen MR) is 115 cm³/mol. The molecule has 0 unspecified atom stereocenters. The van der Waals surface area contributed by atoms with Crippen LogP contribution in [0.2, 0.25) is 0 Å². The van der Waals surface area contributed by atoms with E-state index < -0.39 is 0 Å². The molecule has 0 amide bonds. The Morgan fingerprint density at radius 3 is 2.63 bits per heavy atom. The normalized spacial score (nSPS) is 14.6. The lowest BCUT2D eigenvalue weighted by atomic mass is 10.1. The molecule has 27 heavy (non-hydrogen) atoms. The first-order chi connectivity index (χ1) is 13.3. The Morgan fingerprint density at radius 2 is 1.81 bits per heavy atom. The van der Waals surface area contributed by atoms with E-state index in [1.165, 1.54) is 24.9 Å². The standard InChI is InChI=1S/C22H23N3OS/c26-20-10-7-17(8-11-20)9-12-21-16-23-22(27-21)24-18-5-4-6-19(15-18)25-13-2-1-3-14-25/h4-12,15-16,26H,1-3,13-14H2,(H,23,24)/b12-9+. The summed E-state index contributed by atoms with van der Waals surface area (Å²) in [4.78, 5) is 8.02. The lowest BCUT2D eigenvalue weighted by Crippen LogP contribution is -2.29. The molecule has 1 fully saturated rings. The SMILES string of the molecule is Oc1ccc(/C=C/c2cnc(Nc3cccc(N4CCCCC4)c3)s2)cc1. The number of piperidine rings is 1. The fourth-order valence-corrected chi connectivity index (χ4v) is 3.98. The number of thiazole rings is 1. The van der Waals surface area contributed by atoms with Gasteiger partial charge in [0.15, 0.2) is 5.13 Å². The summed E-state index contributed by atoms with van der Waals surface area (Å²) in [6.45, 7) is 2.29. The summed E-state index contributed by atoms with van der Waals surface area (Å²) in [5.41, 5.74) is 3.40. The van der Waals surface area contributed by atoms with Gasteiger partial charge in [0.05, 0.1) is 0 Å². The van der Waals surface area contributed by atoms with Gasteiger partial charge in [-0.3, -0.25) is 0 Å². The third kappa shape index (κ3) is 4.68. The van der Waals surface area contributed by atoms with Gasteiger partial charge in [-0.25, -0.2) is 4.98 Å². The summed E-state index contributed by atoms with van der Waals surface area (Å²) < 4.78 is 0. The van der Waals surface area contributed by atoms with Crippen molar-refractivity contribution in [2.75, 3.05) is 23.3 Å². The van der Waals surface area contributed by atoms with Crippen molar-refractivity contribution in [2.45, 2.75) is 19.3 Å². The second-order valence-corrected chi connectivity index (χ2v) is 7.78. The Morgan fingerprint density at radius 1 is 1.00 bits per heavy atom. The molecule has 0 bridgehead atoms. The van der Waals surface area contributed by atoms with Gasteiger partial charge in [0.25, 0.3) is 0 Å². The first-order valence-electron chi connectivity index (χ1n) is 9.31. The molecule has 138 valence electrons. The number of anilines is 3. The fraction of sp³-hybridized carbons (Fsp3) is 0.227. The van der Waals surface area contributed by atoms with Crippen molar-refractivity contribution < 1.29 is 5.11 Å². The molecular weight excluding hydrogens is 354 g/mol. The zero-order valence-electron chi connectivity index (χ0n) is 15.1. The van der Waals surface area contributed by atoms with E-state index >= 15 is 0 Å². The van der Waals surface area contributed by atoms with Crippen LogP contribution < -0.4 is 10.2 Å². The van der Waals surface area contributed by atoms with Gasteiger partial charge >= 0.3 is 0 Å². The van der Waals surface area contributed by atoms with E-state index in [1.54, 1.807) is 23.5 Å². The Balaban J connectivity index is 1.42. The Bertz CT molecular complexity index is 911. The highest BCUT2D eigenvalue weighted by atomic mass is 32.1. The number of aromatic hydroxyl groups is 1. The molecule has 4 nitrogen and oxygen atoms in total. The van der Waals surface area contributed by atoms with Crippen molar-refractivity contribution in [1.29, 1.82) is 0 Å². The van der Waals surface area contributed by atoms with E-state index in [9.17, 15) is 5.11 Å². The van der Waals surface area contributed by atoms with E-state index in [0.717, 1.165) is 34.3 Å². The number of benzene rings is 2. The maximum Gasteiger partial charge on any atom is 0.187 e. The third-order valence-corrected chi connectivity index (χ3v) is 5.55. The van der Waals surface area contributed by atoms with Crippen LogP contribution in [0.5, 0.6) is 5.75 Å². The third-order valence-electron chi connectivity index (χ3n) is 4.68. The molecule has 0 aliphatic carbocycles. The minimum absolute atomic E-state index is 0.281. The number of phenolic OH excluding ortho intramolecular Hbond substituents is 1. The van der Waals surface area contributed by atoms with E-state index in [-0.39, 0.29) is 5.75 Å². The highest BCUT2D eigenvalue weighted by molar-refractivity contribution is 7.16. The van der Waals surface area contributed by atoms with E-state index in [2.05, 4.69) is 39.5 Å². The van der Waals surface area contributed by atoms with Crippen molar-refractivity contribution in [1.82, 2.24) is 4.98 Å². The van der Waals surface area contributed by atoms with Crippen LogP contribution in [0.1, 0.15) is 29.7 Å². The molecule has 0 spiro atoms. The summed E-state index contributed by atoms with van der Waals surface area (Å²) in [5, 5.41) is 13.7. The van der Waals surface area contributed by atoms with Gasteiger partial charge in [-0.05, 0) is 61.2 Å². The van der Waals surface area contributed by atoms with Crippen molar-refractivity contribution >= 4 is 40.0 Å². The summed E-state index contributed by atoms with van der Waals surface area (Å²) >= 11 is 1.62. The van der Waals surface area contributed by atoms with Crippen LogP contribution in [0.3, 0.4) is 0 Å². The molecule has 0 saturated carbocycles. The van der Waals surface area contributed by atoms with Crippen molar-refractivity contribution in [2.24, 2.45) is 0 Å². The average molecular weight is 378 g/mol. The molecule has 4 rings (SSSR count). The molecule has 1 saturated heterocycles. The Kier molecular flexibility index (Phi) is 5.39. The highest BCUT2D eigenvalue weighted by Gasteiger charge is 2.11. The second kappa shape index (κ2) is 8.27. The number of nitrogens with zero attached hydrogens (tertiary/aromatic N) is 2. The fourth-order valence-electron chi connectivity index (χ4n) is 3.24. The molecule has 1 aromatic heterocycles. The number of nitrogens with one attached hydrogen (secondary N) is 1. The molecule has 1 aliphatic rings. The lowest BCUT2D eigenvalue weighted by Gasteiger charge is -2.29. The largest absolute Gasteiger partial charge is 0.508 e. The van der Waals surface area contributed by atoms with Crippen molar-refractivity contribution in [3.05, 3.63) is 65.2 Å². The summed E-state index contributed by atoms with van der Waals surface area (Å²) in [5.74, 6) is 0.281. The number of aromatic nitrogens is 1. The zero-order chi connectivity index (χ0) is 18.5. The van der Waals surface area contributed by atoms with E-state index in [1.807, 2.05) is 30.5 Å². The number of hydrogen-bond donors (Lipinski definition) is 2. The van der Waals surface area contributed by atoms with Gasteiger partial charge in [-0.1, -0.05) is 35.6 Å². The van der Waals surface area contributed by atoms with Gasteiger partial charge in [0.2, 0.25) is 0 Å². The minimum Gasteiger partial charge on any atom is -0.508 e. The van der Waals surface area contributed by atoms with Crippen LogP contribution in [-0.2, 0) is 0 Å². The highest BCUT2D eigenvalue weighted by Crippen LogP contribution is 2.28. The quantitative estimate of drug-likeness (QED) is 0.594. The van der Waals surface area contributed by atoms with Crippen LogP contribution in [-0.4, -0.2) is 23.2 Å². The molecule has 1 aliphatic heterocycles. The van der Waals surface area contributed by atoms with Gasteiger partial charge in [-0.15, -0.1) is 0 Å². The maximum atomic E-state index is 9.34. The smallest absolute Gasteiger partial charge is 0.187 e. The number of hydrogen-bond acceptors (Lipinski definition) is 5. The molecule has 2 N–H and O–H groups in total. The Labute approximate surface area is 163 Å². The number of rotatable bonds is 5. The van der Waals surface area contributed by atoms with Gasteiger partial charge < -0.3 is 15.3 Å². The zero-order valence-corrected chi connectivity index (χ0v) is 16.0. The molecule has 5 heteroatoms. The van der Waals surface area contributed by atoms with Gasteiger partial charge in [0.1, 0.15) is 5.75 Å². The molecule has 2 heterocycles. The molecule has 2 aromatic carbocycles. The summed E-state index contributed by atoms with van der Waals surface area (Å²) in [6, 6.07) is 15.7. The first kappa shape index (κ1) is 17.6. The van der Waals surface area contributed by atoms with Crippen molar-refractivity contribution in [3.8, 4) is 5.75 Å². The van der Waals surface area contributed by atoms with Crippen LogP contribution in [0.15, 0.2) is 54.7 Å².